The lowest BCUT2D eigenvalue weighted by molar-refractivity contribution is 0.0667. The molecule has 1 aromatic heterocycles. The van der Waals surface area contributed by atoms with Gasteiger partial charge in [0.25, 0.3) is 5.91 Å². The summed E-state index contributed by atoms with van der Waals surface area (Å²) in [5.41, 5.74) is 1.68. The van der Waals surface area contributed by atoms with Crippen LogP contribution in [0.2, 0.25) is 0 Å². The fraction of sp³-hybridized carbons (Fsp3) is 0.438. The van der Waals surface area contributed by atoms with Crippen LogP contribution in [0.5, 0.6) is 0 Å². The van der Waals surface area contributed by atoms with Crippen LogP contribution in [-0.4, -0.2) is 37.0 Å². The van der Waals surface area contributed by atoms with Crippen LogP contribution >= 0.6 is 28.3 Å². The van der Waals surface area contributed by atoms with E-state index in [0.29, 0.717) is 11.8 Å². The Bertz CT molecular complexity index is 686. The number of aryl methyl sites for hydroxylation is 1. The Balaban J connectivity index is 0.00000176. The second-order valence-electron chi connectivity index (χ2n) is 5.58. The van der Waals surface area contributed by atoms with Crippen molar-refractivity contribution in [1.82, 2.24) is 10.2 Å². The number of furan rings is 1. The van der Waals surface area contributed by atoms with E-state index in [4.69, 9.17) is 4.42 Å². The third kappa shape index (κ3) is 3.16. The molecule has 0 saturated carbocycles. The van der Waals surface area contributed by atoms with Crippen LogP contribution in [0.15, 0.2) is 27.1 Å². The fourth-order valence-corrected chi connectivity index (χ4v) is 3.30. The van der Waals surface area contributed by atoms with E-state index in [1.54, 1.807) is 0 Å². The minimum Gasteiger partial charge on any atom is -0.451 e. The average Bonchev–Trinajstić information content (AvgIpc) is 2.83. The second-order valence-corrected chi connectivity index (χ2v) is 6.49. The number of likely N-dealkylation sites (tertiary alicyclic amines) is 1. The number of carbonyl (C=O) groups excluding carboxylic acids is 1. The number of halogens is 2. The number of likely N-dealkylation sites (N-methyl/N-ethyl adjacent to an activating group) is 1. The van der Waals surface area contributed by atoms with Crippen LogP contribution in [0.4, 0.5) is 0 Å². The van der Waals surface area contributed by atoms with Crippen molar-refractivity contribution in [2.24, 2.45) is 0 Å². The first kappa shape index (κ1) is 17.3. The molecule has 4 nitrogen and oxygen atoms in total. The third-order valence-electron chi connectivity index (χ3n) is 4.21. The van der Waals surface area contributed by atoms with E-state index in [1.165, 1.54) is 0 Å². The van der Waals surface area contributed by atoms with E-state index in [1.807, 2.05) is 37.1 Å². The van der Waals surface area contributed by atoms with E-state index >= 15 is 0 Å². The molecular weight excluding hydrogens is 368 g/mol. The van der Waals surface area contributed by atoms with Crippen molar-refractivity contribution >= 4 is 45.2 Å². The number of benzene rings is 1. The molecular formula is C16H20BrClN2O2. The van der Waals surface area contributed by atoms with E-state index < -0.39 is 0 Å². The van der Waals surface area contributed by atoms with Gasteiger partial charge in [0, 0.05) is 34.6 Å². The van der Waals surface area contributed by atoms with Crippen LogP contribution in [0.25, 0.3) is 11.0 Å². The quantitative estimate of drug-likeness (QED) is 0.853. The smallest absolute Gasteiger partial charge is 0.289 e. The number of nitrogens with one attached hydrogen (secondary N) is 1. The summed E-state index contributed by atoms with van der Waals surface area (Å²) in [5.74, 6) is 0.472. The first-order valence-electron chi connectivity index (χ1n) is 7.25. The molecule has 0 aliphatic carbocycles. The summed E-state index contributed by atoms with van der Waals surface area (Å²) < 4.78 is 6.80. The Morgan fingerprint density at radius 1 is 1.45 bits per heavy atom. The molecule has 22 heavy (non-hydrogen) atoms. The molecule has 120 valence electrons. The topological polar surface area (TPSA) is 45.5 Å². The highest BCUT2D eigenvalue weighted by Gasteiger charge is 2.27. The highest BCUT2D eigenvalue weighted by molar-refractivity contribution is 9.10. The number of amides is 1. The Kier molecular flexibility index (Phi) is 5.53. The van der Waals surface area contributed by atoms with E-state index in [2.05, 4.69) is 21.2 Å². The molecule has 0 radical (unpaired) electrons. The zero-order chi connectivity index (χ0) is 15.0. The highest BCUT2D eigenvalue weighted by Crippen LogP contribution is 2.29. The molecule has 1 fully saturated rings. The van der Waals surface area contributed by atoms with Gasteiger partial charge in [-0.1, -0.05) is 15.9 Å². The lowest BCUT2D eigenvalue weighted by Crippen LogP contribution is -2.47. The molecule has 0 bridgehead atoms. The van der Waals surface area contributed by atoms with Crippen molar-refractivity contribution in [3.8, 4) is 0 Å². The number of nitrogens with zero attached hydrogens (tertiary/aromatic N) is 1. The van der Waals surface area contributed by atoms with Crippen LogP contribution in [-0.2, 0) is 0 Å². The molecule has 3 rings (SSSR count). The molecule has 1 aromatic carbocycles. The van der Waals surface area contributed by atoms with Gasteiger partial charge in [0.05, 0.1) is 0 Å². The molecule has 1 unspecified atom stereocenters. The SMILES string of the molecule is CNC1CCCN(C(=O)c2oc3ccc(Br)cc3c2C)C1.Cl. The number of piperidine rings is 1. The van der Waals surface area contributed by atoms with Gasteiger partial charge in [-0.25, -0.2) is 0 Å². The predicted molar refractivity (Wildman–Crippen MR) is 93.9 cm³/mol. The van der Waals surface area contributed by atoms with Gasteiger partial charge in [0.15, 0.2) is 5.76 Å². The third-order valence-corrected chi connectivity index (χ3v) is 4.70. The summed E-state index contributed by atoms with van der Waals surface area (Å²) in [6.07, 6.45) is 2.15. The van der Waals surface area contributed by atoms with Crippen LogP contribution in [0.1, 0.15) is 29.0 Å². The van der Waals surface area contributed by atoms with Gasteiger partial charge >= 0.3 is 0 Å². The maximum absolute atomic E-state index is 12.7. The van der Waals surface area contributed by atoms with Crippen molar-refractivity contribution < 1.29 is 9.21 Å². The predicted octanol–water partition coefficient (Wildman–Crippen LogP) is 3.75. The molecule has 1 saturated heterocycles. The summed E-state index contributed by atoms with van der Waals surface area (Å²) in [5, 5.41) is 4.25. The number of hydrogen-bond donors (Lipinski definition) is 1. The normalized spacial score (nSPS) is 18.3. The van der Waals surface area contributed by atoms with Crippen molar-refractivity contribution in [3.05, 3.63) is 34.0 Å². The van der Waals surface area contributed by atoms with Crippen LogP contribution in [0, 0.1) is 6.92 Å². The van der Waals surface area contributed by atoms with Gasteiger partial charge in [-0.15, -0.1) is 12.4 Å². The number of hydrogen-bond acceptors (Lipinski definition) is 3. The number of fused-ring (bicyclic) bond motifs is 1. The van der Waals surface area contributed by atoms with Crippen molar-refractivity contribution in [1.29, 1.82) is 0 Å². The Hall–Kier alpha value is -1.04. The van der Waals surface area contributed by atoms with E-state index in [0.717, 1.165) is 46.9 Å². The first-order chi connectivity index (χ1) is 10.1. The molecule has 6 heteroatoms. The summed E-state index contributed by atoms with van der Waals surface area (Å²) in [4.78, 5) is 14.6. The Morgan fingerprint density at radius 3 is 2.95 bits per heavy atom. The number of rotatable bonds is 2. The minimum absolute atomic E-state index is 0. The lowest BCUT2D eigenvalue weighted by atomic mass is 10.0. The van der Waals surface area contributed by atoms with Gasteiger partial charge < -0.3 is 14.6 Å². The molecule has 2 heterocycles. The molecule has 1 N–H and O–H groups in total. The molecule has 1 aliphatic heterocycles. The molecule has 2 aromatic rings. The largest absolute Gasteiger partial charge is 0.451 e. The maximum atomic E-state index is 12.7. The average molecular weight is 388 g/mol. The minimum atomic E-state index is -0.000211. The van der Waals surface area contributed by atoms with E-state index in [-0.39, 0.29) is 18.3 Å². The second kappa shape index (κ2) is 7.02. The van der Waals surface area contributed by atoms with Crippen LogP contribution in [0.3, 0.4) is 0 Å². The Morgan fingerprint density at radius 2 is 2.23 bits per heavy atom. The van der Waals surface area contributed by atoms with Crippen molar-refractivity contribution in [3.63, 3.8) is 0 Å². The summed E-state index contributed by atoms with van der Waals surface area (Å²) in [6.45, 7) is 3.50. The Labute approximate surface area is 144 Å². The molecule has 1 aliphatic rings. The van der Waals surface area contributed by atoms with Crippen LogP contribution < -0.4 is 5.32 Å². The van der Waals surface area contributed by atoms with Gasteiger partial charge in [0.2, 0.25) is 0 Å². The van der Waals surface area contributed by atoms with Gasteiger partial charge in [-0.2, -0.15) is 0 Å². The van der Waals surface area contributed by atoms with Crippen molar-refractivity contribution in [2.75, 3.05) is 20.1 Å². The summed E-state index contributed by atoms with van der Waals surface area (Å²) in [6, 6.07) is 6.20. The molecule has 0 spiro atoms. The monoisotopic (exact) mass is 386 g/mol. The number of carbonyl (C=O) groups is 1. The first-order valence-corrected chi connectivity index (χ1v) is 8.04. The zero-order valence-corrected chi connectivity index (χ0v) is 15.1. The molecule has 1 atom stereocenters. The van der Waals surface area contributed by atoms with Gasteiger partial charge in [0.1, 0.15) is 5.58 Å². The van der Waals surface area contributed by atoms with Gasteiger partial charge in [-0.05, 0) is 45.0 Å². The molecule has 1 amide bonds. The summed E-state index contributed by atoms with van der Waals surface area (Å²) >= 11 is 3.46. The fourth-order valence-electron chi connectivity index (χ4n) is 2.94. The maximum Gasteiger partial charge on any atom is 0.289 e. The highest BCUT2D eigenvalue weighted by atomic mass is 79.9. The van der Waals surface area contributed by atoms with E-state index in [9.17, 15) is 4.79 Å². The standard InChI is InChI=1S/C16H19BrN2O2.ClH/c1-10-13-8-11(17)5-6-14(13)21-15(10)16(20)19-7-3-4-12(9-19)18-2;/h5-6,8,12,18H,3-4,7,9H2,1-2H3;1H. The van der Waals surface area contributed by atoms with Crippen molar-refractivity contribution in [2.45, 2.75) is 25.8 Å². The summed E-state index contributed by atoms with van der Waals surface area (Å²) in [7, 11) is 1.95. The lowest BCUT2D eigenvalue weighted by Gasteiger charge is -2.32. The van der Waals surface area contributed by atoms with Gasteiger partial charge in [-0.3, -0.25) is 4.79 Å². The zero-order valence-electron chi connectivity index (χ0n) is 12.7.